The van der Waals surface area contributed by atoms with Gasteiger partial charge in [0.25, 0.3) is 5.56 Å². The van der Waals surface area contributed by atoms with Crippen LogP contribution in [-0.4, -0.2) is 43.9 Å². The molecule has 0 atom stereocenters. The number of piperazine rings is 1. The number of hydrogen-bond acceptors (Lipinski definition) is 6. The van der Waals surface area contributed by atoms with E-state index in [0.29, 0.717) is 16.2 Å². The highest BCUT2D eigenvalue weighted by atomic mass is 32.1. The lowest BCUT2D eigenvalue weighted by Crippen LogP contribution is -2.52. The molecule has 9 heteroatoms. The van der Waals surface area contributed by atoms with Crippen LogP contribution in [0, 0.1) is 12.7 Å². The van der Waals surface area contributed by atoms with Crippen molar-refractivity contribution in [1.82, 2.24) is 24.1 Å². The van der Waals surface area contributed by atoms with Gasteiger partial charge in [-0.15, -0.1) is 0 Å². The molecular formula is C20H19FN6OS. The number of anilines is 1. The Bertz CT molecular complexity index is 1330. The molecule has 0 amide bonds. The lowest BCUT2D eigenvalue weighted by Gasteiger charge is -2.34. The maximum atomic E-state index is 14.5. The fourth-order valence-corrected chi connectivity index (χ4v) is 5.15. The first-order chi connectivity index (χ1) is 14.0. The fourth-order valence-electron chi connectivity index (χ4n) is 4.13. The van der Waals surface area contributed by atoms with Gasteiger partial charge in [-0.25, -0.2) is 14.4 Å². The van der Waals surface area contributed by atoms with E-state index in [4.69, 9.17) is 0 Å². The van der Waals surface area contributed by atoms with Crippen molar-refractivity contribution in [3.8, 4) is 11.3 Å². The Morgan fingerprint density at radius 1 is 1.21 bits per heavy atom. The molecule has 4 aromatic rings. The number of imidazole rings is 1. The van der Waals surface area contributed by atoms with Gasteiger partial charge in [0.15, 0.2) is 16.4 Å². The summed E-state index contributed by atoms with van der Waals surface area (Å²) in [7, 11) is 0. The molecule has 1 saturated heterocycles. The van der Waals surface area contributed by atoms with Gasteiger partial charge in [-0.3, -0.25) is 9.20 Å². The average Bonchev–Trinajstić information content (AvgIpc) is 3.13. The summed E-state index contributed by atoms with van der Waals surface area (Å²) in [6.45, 7) is 4.64. The second-order valence-corrected chi connectivity index (χ2v) is 9.01. The van der Waals surface area contributed by atoms with Crippen LogP contribution in [0.5, 0.6) is 0 Å². The number of nitrogens with one attached hydrogen (secondary N) is 1. The Hall–Kier alpha value is -2.78. The van der Waals surface area contributed by atoms with Crippen LogP contribution in [0.25, 0.3) is 21.9 Å². The first kappa shape index (κ1) is 17.1. The third-order valence-corrected chi connectivity index (χ3v) is 6.86. The number of fused-ring (bicyclic) bond motifs is 2. The number of nitrogens with zero attached hydrogens (tertiary/aromatic N) is 5. The molecule has 2 aliphatic rings. The normalized spacial score (nSPS) is 18.2. The van der Waals surface area contributed by atoms with Crippen LogP contribution in [0.3, 0.4) is 0 Å². The third kappa shape index (κ3) is 2.76. The Kier molecular flexibility index (Phi) is 3.46. The zero-order valence-electron chi connectivity index (χ0n) is 15.9. The number of hydrogen-bond donors (Lipinski definition) is 1. The highest BCUT2D eigenvalue weighted by Crippen LogP contribution is 2.40. The molecule has 0 radical (unpaired) electrons. The van der Waals surface area contributed by atoms with Crippen molar-refractivity contribution in [1.29, 1.82) is 0 Å². The smallest absolute Gasteiger partial charge is 0.259 e. The molecule has 0 bridgehead atoms. The highest BCUT2D eigenvalue weighted by Gasteiger charge is 2.45. The molecule has 1 aliphatic carbocycles. The van der Waals surface area contributed by atoms with Gasteiger partial charge in [-0.2, -0.15) is 0 Å². The standard InChI is InChI=1S/C20H19FN6OS/c1-12-8-26-9-13(6-14(21)18(26)23-12)15-7-16(28)27-10-17(29-19(27)24-15)25-5-4-22-20(11-25)2-3-20/h6-10,22H,2-5,11H2,1H3. The summed E-state index contributed by atoms with van der Waals surface area (Å²) >= 11 is 1.50. The van der Waals surface area contributed by atoms with Crippen molar-refractivity contribution in [2.24, 2.45) is 0 Å². The summed E-state index contributed by atoms with van der Waals surface area (Å²) in [5.41, 5.74) is 2.13. The highest BCUT2D eigenvalue weighted by molar-refractivity contribution is 7.20. The second kappa shape index (κ2) is 5.87. The van der Waals surface area contributed by atoms with Crippen LogP contribution in [0.1, 0.15) is 18.5 Å². The van der Waals surface area contributed by atoms with Gasteiger partial charge < -0.3 is 14.6 Å². The first-order valence-corrected chi connectivity index (χ1v) is 10.5. The maximum Gasteiger partial charge on any atom is 0.259 e. The molecule has 148 valence electrons. The molecule has 29 heavy (non-hydrogen) atoms. The van der Waals surface area contributed by atoms with E-state index >= 15 is 0 Å². The Morgan fingerprint density at radius 2 is 2.07 bits per heavy atom. The van der Waals surface area contributed by atoms with Crippen LogP contribution in [0.15, 0.2) is 35.5 Å². The van der Waals surface area contributed by atoms with Gasteiger partial charge in [0.05, 0.1) is 11.4 Å². The van der Waals surface area contributed by atoms with E-state index in [2.05, 4.69) is 20.2 Å². The summed E-state index contributed by atoms with van der Waals surface area (Å²) in [5.74, 6) is -0.431. The SMILES string of the molecule is Cc1cn2cc(-c3cc(=O)n4cc(N5CCNC6(CC6)C5)sc4n3)cc(F)c2n1. The quantitative estimate of drug-likeness (QED) is 0.550. The van der Waals surface area contributed by atoms with Gasteiger partial charge in [0.1, 0.15) is 5.00 Å². The Balaban J connectivity index is 1.43. The summed E-state index contributed by atoms with van der Waals surface area (Å²) < 4.78 is 17.7. The third-order valence-electron chi connectivity index (χ3n) is 5.82. The lowest BCUT2D eigenvalue weighted by molar-refractivity contribution is 0.443. The second-order valence-electron chi connectivity index (χ2n) is 8.02. The van der Waals surface area contributed by atoms with E-state index in [9.17, 15) is 9.18 Å². The van der Waals surface area contributed by atoms with Crippen molar-refractivity contribution in [3.05, 3.63) is 52.6 Å². The van der Waals surface area contributed by atoms with Crippen molar-refractivity contribution < 1.29 is 4.39 Å². The average molecular weight is 410 g/mol. The summed E-state index contributed by atoms with van der Waals surface area (Å²) in [6, 6.07) is 2.86. The van der Waals surface area contributed by atoms with Gasteiger partial charge >= 0.3 is 0 Å². The van der Waals surface area contributed by atoms with Crippen molar-refractivity contribution in [2.45, 2.75) is 25.3 Å². The molecule has 1 aliphatic heterocycles. The maximum absolute atomic E-state index is 14.5. The molecule has 4 aromatic heterocycles. The minimum atomic E-state index is -0.431. The number of aromatic nitrogens is 4. The van der Waals surface area contributed by atoms with E-state index < -0.39 is 5.82 Å². The molecule has 0 unspecified atom stereocenters. The van der Waals surface area contributed by atoms with E-state index in [-0.39, 0.29) is 16.7 Å². The number of thiazole rings is 1. The monoisotopic (exact) mass is 410 g/mol. The molecule has 0 aromatic carbocycles. The van der Waals surface area contributed by atoms with Crippen LogP contribution in [0.2, 0.25) is 0 Å². The molecule has 2 fully saturated rings. The largest absolute Gasteiger partial charge is 0.359 e. The van der Waals surface area contributed by atoms with Crippen LogP contribution >= 0.6 is 11.3 Å². The molecule has 1 spiro atoms. The molecular weight excluding hydrogens is 391 g/mol. The van der Waals surface area contributed by atoms with Gasteiger partial charge in [0, 0.05) is 55.4 Å². The molecule has 6 rings (SSSR count). The Labute approximate surface area is 169 Å². The summed E-state index contributed by atoms with van der Waals surface area (Å²) in [4.78, 5) is 24.5. The first-order valence-electron chi connectivity index (χ1n) is 9.68. The molecule has 5 heterocycles. The lowest BCUT2D eigenvalue weighted by atomic mass is 10.2. The predicted molar refractivity (Wildman–Crippen MR) is 110 cm³/mol. The topological polar surface area (TPSA) is 66.9 Å². The van der Waals surface area contributed by atoms with Crippen LogP contribution < -0.4 is 15.8 Å². The number of pyridine rings is 1. The van der Waals surface area contributed by atoms with Gasteiger partial charge in [-0.1, -0.05) is 11.3 Å². The number of halogens is 1. The van der Waals surface area contributed by atoms with Crippen molar-refractivity contribution in [3.63, 3.8) is 0 Å². The molecule has 7 nitrogen and oxygen atoms in total. The van der Waals surface area contributed by atoms with Crippen LogP contribution in [0.4, 0.5) is 9.39 Å². The zero-order valence-corrected chi connectivity index (χ0v) is 16.7. The molecule has 1 saturated carbocycles. The van der Waals surface area contributed by atoms with Crippen molar-refractivity contribution in [2.75, 3.05) is 24.5 Å². The minimum Gasteiger partial charge on any atom is -0.359 e. The van der Waals surface area contributed by atoms with E-state index in [0.717, 1.165) is 30.3 Å². The molecule has 1 N–H and O–H groups in total. The van der Waals surface area contributed by atoms with Crippen LogP contribution in [-0.2, 0) is 0 Å². The summed E-state index contributed by atoms with van der Waals surface area (Å²) in [6.07, 6.45) is 7.81. The van der Waals surface area contributed by atoms with E-state index in [1.807, 2.05) is 13.1 Å². The predicted octanol–water partition coefficient (Wildman–Crippen LogP) is 2.46. The fraction of sp³-hybridized carbons (Fsp3) is 0.350. The number of aryl methyl sites for hydroxylation is 1. The van der Waals surface area contributed by atoms with Gasteiger partial charge in [0.2, 0.25) is 0 Å². The van der Waals surface area contributed by atoms with E-state index in [1.54, 1.807) is 21.2 Å². The zero-order chi connectivity index (χ0) is 19.8. The minimum absolute atomic E-state index is 0.161. The Morgan fingerprint density at radius 3 is 2.90 bits per heavy atom. The number of rotatable bonds is 2. The van der Waals surface area contributed by atoms with Crippen molar-refractivity contribution >= 4 is 26.9 Å². The van der Waals surface area contributed by atoms with Gasteiger partial charge in [-0.05, 0) is 25.8 Å². The summed E-state index contributed by atoms with van der Waals surface area (Å²) in [5, 5.41) is 4.65. The van der Waals surface area contributed by atoms with E-state index in [1.165, 1.54) is 36.3 Å².